The van der Waals surface area contributed by atoms with Crippen molar-refractivity contribution in [2.24, 2.45) is 5.92 Å². The average Bonchev–Trinajstić information content (AvgIpc) is 2.76. The number of nitrogens with one attached hydrogen (secondary N) is 1. The Balaban J connectivity index is 2.13. The van der Waals surface area contributed by atoms with Crippen molar-refractivity contribution in [2.75, 3.05) is 11.5 Å². The van der Waals surface area contributed by atoms with Crippen LogP contribution < -0.4 is 5.32 Å². The number of allylic oxidation sites excluding steroid dienone is 1. The lowest BCUT2D eigenvalue weighted by molar-refractivity contribution is -0.117. The number of halogens is 1. The van der Waals surface area contributed by atoms with Crippen LogP contribution in [0.1, 0.15) is 25.8 Å². The van der Waals surface area contributed by atoms with Gasteiger partial charge in [-0.2, -0.15) is 0 Å². The van der Waals surface area contributed by atoms with E-state index in [0.717, 1.165) is 15.6 Å². The van der Waals surface area contributed by atoms with Gasteiger partial charge in [0.15, 0.2) is 9.84 Å². The second-order valence-electron chi connectivity index (χ2n) is 5.87. The molecular weight excluding hydrogens is 366 g/mol. The lowest BCUT2D eigenvalue weighted by atomic mass is 9.95. The van der Waals surface area contributed by atoms with Crippen molar-refractivity contribution in [3.63, 3.8) is 0 Å². The molecule has 0 radical (unpaired) electrons. The summed E-state index contributed by atoms with van der Waals surface area (Å²) in [5.74, 6) is 0.167. The molecule has 1 unspecified atom stereocenters. The molecule has 1 fully saturated rings. The first kappa shape index (κ1) is 17.2. The first-order valence-electron chi connectivity index (χ1n) is 7.25. The van der Waals surface area contributed by atoms with E-state index in [1.807, 2.05) is 38.1 Å². The van der Waals surface area contributed by atoms with E-state index in [1.165, 1.54) is 0 Å². The van der Waals surface area contributed by atoms with Crippen molar-refractivity contribution in [1.82, 2.24) is 5.32 Å². The highest BCUT2D eigenvalue weighted by Gasteiger charge is 2.28. The van der Waals surface area contributed by atoms with Gasteiger partial charge in [0.05, 0.1) is 11.5 Å². The lowest BCUT2D eigenvalue weighted by Gasteiger charge is -2.14. The molecule has 2 rings (SSSR count). The normalized spacial score (nSPS) is 21.1. The minimum Gasteiger partial charge on any atom is -0.349 e. The maximum absolute atomic E-state index is 12.2. The smallest absolute Gasteiger partial charge is 0.244 e. The minimum atomic E-state index is -2.98. The van der Waals surface area contributed by atoms with E-state index < -0.39 is 9.84 Å². The summed E-state index contributed by atoms with van der Waals surface area (Å²) in [5, 5.41) is 2.80. The largest absolute Gasteiger partial charge is 0.349 e. The fraction of sp³-hybridized carbons (Fsp3) is 0.438. The first-order chi connectivity index (χ1) is 10.3. The molecule has 0 saturated carbocycles. The van der Waals surface area contributed by atoms with E-state index >= 15 is 0 Å². The molecule has 1 aromatic carbocycles. The summed E-state index contributed by atoms with van der Waals surface area (Å²) in [7, 11) is -2.98. The van der Waals surface area contributed by atoms with Crippen LogP contribution >= 0.6 is 15.9 Å². The highest BCUT2D eigenvalue weighted by Crippen LogP contribution is 2.24. The third kappa shape index (κ3) is 4.68. The summed E-state index contributed by atoms with van der Waals surface area (Å²) in [6, 6.07) is 7.53. The third-order valence-corrected chi connectivity index (χ3v) is 5.96. The van der Waals surface area contributed by atoms with Crippen LogP contribution in [-0.2, 0) is 14.6 Å². The molecule has 1 atom stereocenters. The monoisotopic (exact) mass is 385 g/mol. The molecule has 120 valence electrons. The van der Waals surface area contributed by atoms with Gasteiger partial charge in [-0.3, -0.25) is 4.79 Å². The lowest BCUT2D eigenvalue weighted by Crippen LogP contribution is -2.34. The predicted molar refractivity (Wildman–Crippen MR) is 92.2 cm³/mol. The van der Waals surface area contributed by atoms with Crippen LogP contribution in [0.3, 0.4) is 0 Å². The summed E-state index contributed by atoms with van der Waals surface area (Å²) in [5.41, 5.74) is 1.93. The van der Waals surface area contributed by atoms with Gasteiger partial charge in [0.1, 0.15) is 0 Å². The molecule has 1 N–H and O–H groups in total. The summed E-state index contributed by atoms with van der Waals surface area (Å²) >= 11 is 3.40. The Kier molecular flexibility index (Phi) is 5.45. The summed E-state index contributed by atoms with van der Waals surface area (Å²) in [6.45, 7) is 4.06. The molecule has 1 amide bonds. The van der Waals surface area contributed by atoms with E-state index in [9.17, 15) is 13.2 Å². The second-order valence-corrected chi connectivity index (χ2v) is 9.01. The fourth-order valence-electron chi connectivity index (χ4n) is 2.52. The van der Waals surface area contributed by atoms with Crippen LogP contribution in [0.15, 0.2) is 34.8 Å². The van der Waals surface area contributed by atoms with Gasteiger partial charge in [-0.15, -0.1) is 0 Å². The van der Waals surface area contributed by atoms with Gasteiger partial charge in [-0.25, -0.2) is 8.42 Å². The van der Waals surface area contributed by atoms with Crippen LogP contribution in [0.2, 0.25) is 0 Å². The number of benzene rings is 1. The van der Waals surface area contributed by atoms with E-state index in [2.05, 4.69) is 21.2 Å². The number of hydrogen-bond acceptors (Lipinski definition) is 3. The Bertz CT molecular complexity index is 678. The van der Waals surface area contributed by atoms with E-state index in [1.54, 1.807) is 6.08 Å². The molecule has 0 aliphatic carbocycles. The number of hydrogen-bond donors (Lipinski definition) is 1. The molecule has 22 heavy (non-hydrogen) atoms. The van der Waals surface area contributed by atoms with E-state index in [-0.39, 0.29) is 29.4 Å². The first-order valence-corrected chi connectivity index (χ1v) is 9.87. The molecule has 0 spiro atoms. The molecule has 0 bridgehead atoms. The second kappa shape index (κ2) is 6.96. The zero-order valence-electron chi connectivity index (χ0n) is 12.7. The summed E-state index contributed by atoms with van der Waals surface area (Å²) in [4.78, 5) is 12.2. The van der Waals surface area contributed by atoms with Crippen molar-refractivity contribution in [1.29, 1.82) is 0 Å². The zero-order valence-corrected chi connectivity index (χ0v) is 15.1. The SMILES string of the molecule is CC(C)/C(=C\C(=O)NC1CCS(=O)(=O)C1)c1ccc(Br)cc1. The van der Waals surface area contributed by atoms with Crippen LogP contribution in [0.5, 0.6) is 0 Å². The van der Waals surface area contributed by atoms with Crippen LogP contribution in [-0.4, -0.2) is 31.9 Å². The third-order valence-electron chi connectivity index (χ3n) is 3.66. The number of amides is 1. The molecule has 1 aliphatic rings. The predicted octanol–water partition coefficient (Wildman–Crippen LogP) is 2.79. The van der Waals surface area contributed by atoms with Crippen LogP contribution in [0.4, 0.5) is 0 Å². The standard InChI is InChI=1S/C16H20BrNO3S/c1-11(2)15(12-3-5-13(17)6-4-12)9-16(19)18-14-7-8-22(20,21)10-14/h3-6,9,11,14H,7-8,10H2,1-2H3,(H,18,19)/b15-9+. The van der Waals surface area contributed by atoms with Gasteiger partial charge < -0.3 is 5.32 Å². The molecule has 6 heteroatoms. The van der Waals surface area contributed by atoms with Crippen molar-refractivity contribution in [3.8, 4) is 0 Å². The van der Waals surface area contributed by atoms with Gasteiger partial charge >= 0.3 is 0 Å². The number of rotatable bonds is 4. The van der Waals surface area contributed by atoms with Crippen LogP contribution in [0.25, 0.3) is 5.57 Å². The van der Waals surface area contributed by atoms with E-state index in [0.29, 0.717) is 6.42 Å². The minimum absolute atomic E-state index is 0.0435. The van der Waals surface area contributed by atoms with E-state index in [4.69, 9.17) is 0 Å². The topological polar surface area (TPSA) is 63.2 Å². The highest BCUT2D eigenvalue weighted by atomic mass is 79.9. The zero-order chi connectivity index (χ0) is 16.3. The van der Waals surface area contributed by atoms with Crippen molar-refractivity contribution in [3.05, 3.63) is 40.4 Å². The summed E-state index contributed by atoms with van der Waals surface area (Å²) in [6.07, 6.45) is 2.08. The Hall–Kier alpha value is -1.14. The highest BCUT2D eigenvalue weighted by molar-refractivity contribution is 9.10. The molecule has 1 aliphatic heterocycles. The van der Waals surface area contributed by atoms with Crippen LogP contribution in [0, 0.1) is 5.92 Å². The average molecular weight is 386 g/mol. The Labute approximate surface area is 140 Å². The molecule has 1 saturated heterocycles. The summed E-state index contributed by atoms with van der Waals surface area (Å²) < 4.78 is 23.9. The van der Waals surface area contributed by atoms with Gasteiger partial charge in [0.2, 0.25) is 5.91 Å². The van der Waals surface area contributed by atoms with Crippen molar-refractivity contribution < 1.29 is 13.2 Å². The molecule has 1 heterocycles. The Morgan fingerprint density at radius 1 is 1.32 bits per heavy atom. The number of sulfone groups is 1. The fourth-order valence-corrected chi connectivity index (χ4v) is 4.46. The van der Waals surface area contributed by atoms with Gasteiger partial charge in [-0.05, 0) is 35.6 Å². The quantitative estimate of drug-likeness (QED) is 0.810. The number of carbonyl (C=O) groups is 1. The molecule has 1 aromatic rings. The Morgan fingerprint density at radius 2 is 1.95 bits per heavy atom. The maximum atomic E-state index is 12.2. The molecule has 4 nitrogen and oxygen atoms in total. The van der Waals surface area contributed by atoms with Gasteiger partial charge in [0.25, 0.3) is 0 Å². The van der Waals surface area contributed by atoms with Gasteiger partial charge in [0, 0.05) is 16.6 Å². The Morgan fingerprint density at radius 3 is 2.45 bits per heavy atom. The van der Waals surface area contributed by atoms with Gasteiger partial charge in [-0.1, -0.05) is 41.9 Å². The maximum Gasteiger partial charge on any atom is 0.244 e. The molecular formula is C16H20BrNO3S. The van der Waals surface area contributed by atoms with Crippen molar-refractivity contribution >= 4 is 37.2 Å². The number of carbonyl (C=O) groups excluding carboxylic acids is 1. The van der Waals surface area contributed by atoms with Crippen molar-refractivity contribution in [2.45, 2.75) is 26.3 Å². The molecule has 0 aromatic heterocycles.